The van der Waals surface area contributed by atoms with E-state index < -0.39 is 0 Å². The molecule has 1 fully saturated rings. The number of nitrogens with zero attached hydrogens (tertiary/aromatic N) is 1. The zero-order chi connectivity index (χ0) is 12.9. The molecule has 0 aromatic heterocycles. The highest BCUT2D eigenvalue weighted by molar-refractivity contribution is 5.89. The second kappa shape index (κ2) is 6.39. The minimum Gasteiger partial charge on any atom is -0.385 e. The van der Waals surface area contributed by atoms with Crippen LogP contribution in [0.5, 0.6) is 0 Å². The van der Waals surface area contributed by atoms with Crippen molar-refractivity contribution in [2.24, 2.45) is 22.6 Å². The van der Waals surface area contributed by atoms with Crippen LogP contribution in [-0.2, 0) is 4.74 Å². The molecule has 3 nitrogen and oxygen atoms in total. The molecule has 0 aromatic rings. The number of ether oxygens (including phenoxy) is 1. The van der Waals surface area contributed by atoms with Gasteiger partial charge in [-0.1, -0.05) is 20.8 Å². The number of hydrogen-bond donors (Lipinski definition) is 1. The van der Waals surface area contributed by atoms with Gasteiger partial charge in [-0.05, 0) is 44.4 Å². The number of amidine groups is 1. The quantitative estimate of drug-likeness (QED) is 0.593. The highest BCUT2D eigenvalue weighted by Crippen LogP contribution is 2.35. The molecule has 0 unspecified atom stereocenters. The average molecular weight is 240 g/mol. The summed E-state index contributed by atoms with van der Waals surface area (Å²) in [6.45, 7) is 10.2. The van der Waals surface area contributed by atoms with Crippen LogP contribution in [0.1, 0.15) is 53.4 Å². The SMILES string of the molecule is CCOC1(C(N)=NCC(C)C)CCC(C)CC1. The highest BCUT2D eigenvalue weighted by Gasteiger charge is 2.38. The molecule has 17 heavy (non-hydrogen) atoms. The van der Waals surface area contributed by atoms with Crippen LogP contribution >= 0.6 is 0 Å². The van der Waals surface area contributed by atoms with Crippen LogP contribution in [0.2, 0.25) is 0 Å². The summed E-state index contributed by atoms with van der Waals surface area (Å²) >= 11 is 0. The van der Waals surface area contributed by atoms with E-state index in [1.165, 1.54) is 12.8 Å². The van der Waals surface area contributed by atoms with Crippen LogP contribution in [-0.4, -0.2) is 24.6 Å². The average Bonchev–Trinajstić information content (AvgIpc) is 2.29. The van der Waals surface area contributed by atoms with Gasteiger partial charge in [-0.2, -0.15) is 0 Å². The molecule has 1 rings (SSSR count). The molecule has 2 N–H and O–H groups in total. The molecule has 0 aliphatic heterocycles. The van der Waals surface area contributed by atoms with Gasteiger partial charge in [0.1, 0.15) is 11.4 Å². The number of hydrogen-bond acceptors (Lipinski definition) is 2. The summed E-state index contributed by atoms with van der Waals surface area (Å²) in [5.74, 6) is 2.07. The van der Waals surface area contributed by atoms with Crippen LogP contribution < -0.4 is 5.73 Å². The zero-order valence-electron chi connectivity index (χ0n) is 11.8. The third-order valence-electron chi connectivity index (χ3n) is 3.60. The molecule has 0 saturated heterocycles. The summed E-state index contributed by atoms with van der Waals surface area (Å²) in [5, 5.41) is 0. The predicted molar refractivity (Wildman–Crippen MR) is 73.3 cm³/mol. The molecule has 100 valence electrons. The van der Waals surface area contributed by atoms with E-state index in [0.29, 0.717) is 12.5 Å². The van der Waals surface area contributed by atoms with E-state index in [2.05, 4.69) is 25.8 Å². The Bertz CT molecular complexity index is 253. The molecule has 1 saturated carbocycles. The van der Waals surface area contributed by atoms with Gasteiger partial charge < -0.3 is 10.5 Å². The first-order valence-electron chi connectivity index (χ1n) is 6.94. The molecule has 1 aliphatic carbocycles. The van der Waals surface area contributed by atoms with Gasteiger partial charge in [-0.3, -0.25) is 4.99 Å². The first-order chi connectivity index (χ1) is 8.00. The van der Waals surface area contributed by atoms with Gasteiger partial charge in [0.05, 0.1) is 0 Å². The van der Waals surface area contributed by atoms with Crippen molar-refractivity contribution < 1.29 is 4.74 Å². The standard InChI is InChI=1S/C14H28N2O/c1-5-17-14(8-6-12(4)7-9-14)13(15)16-10-11(2)3/h11-12H,5-10H2,1-4H3,(H2,15,16). The molecule has 0 heterocycles. The maximum atomic E-state index is 6.19. The minimum atomic E-state index is -0.268. The zero-order valence-corrected chi connectivity index (χ0v) is 11.8. The highest BCUT2D eigenvalue weighted by atomic mass is 16.5. The van der Waals surface area contributed by atoms with Crippen LogP contribution in [0.4, 0.5) is 0 Å². The van der Waals surface area contributed by atoms with E-state index in [-0.39, 0.29) is 5.60 Å². The molecule has 0 amide bonds. The first kappa shape index (κ1) is 14.5. The Hall–Kier alpha value is -0.570. The van der Waals surface area contributed by atoms with Gasteiger partial charge in [-0.25, -0.2) is 0 Å². The fourth-order valence-electron chi connectivity index (χ4n) is 2.40. The summed E-state index contributed by atoms with van der Waals surface area (Å²) in [7, 11) is 0. The van der Waals surface area contributed by atoms with Crippen molar-refractivity contribution in [3.63, 3.8) is 0 Å². The Labute approximate surface area is 106 Å². The maximum Gasteiger partial charge on any atom is 0.126 e. The van der Waals surface area contributed by atoms with Crippen molar-refractivity contribution in [2.75, 3.05) is 13.2 Å². The van der Waals surface area contributed by atoms with Gasteiger partial charge in [0.2, 0.25) is 0 Å². The van der Waals surface area contributed by atoms with Gasteiger partial charge in [-0.15, -0.1) is 0 Å². The molecule has 0 atom stereocenters. The topological polar surface area (TPSA) is 47.6 Å². The molecule has 0 radical (unpaired) electrons. The van der Waals surface area contributed by atoms with Crippen molar-refractivity contribution in [2.45, 2.75) is 59.0 Å². The second-order valence-electron chi connectivity index (χ2n) is 5.73. The van der Waals surface area contributed by atoms with E-state index in [1.807, 2.05) is 6.92 Å². The molecule has 3 heteroatoms. The lowest BCUT2D eigenvalue weighted by Crippen LogP contribution is -2.49. The Balaban J connectivity index is 2.73. The molecular weight excluding hydrogens is 212 g/mol. The third kappa shape index (κ3) is 3.98. The molecular formula is C14H28N2O. The molecule has 0 spiro atoms. The number of aliphatic imine (C=N–C) groups is 1. The van der Waals surface area contributed by atoms with E-state index in [9.17, 15) is 0 Å². The summed E-state index contributed by atoms with van der Waals surface area (Å²) in [5.41, 5.74) is 5.92. The summed E-state index contributed by atoms with van der Waals surface area (Å²) in [6.07, 6.45) is 4.43. The van der Waals surface area contributed by atoms with Crippen LogP contribution in [0.3, 0.4) is 0 Å². The van der Waals surface area contributed by atoms with Gasteiger partial charge >= 0.3 is 0 Å². The number of rotatable bonds is 5. The second-order valence-corrected chi connectivity index (χ2v) is 5.73. The third-order valence-corrected chi connectivity index (χ3v) is 3.60. The Kier molecular flexibility index (Phi) is 5.44. The fourth-order valence-corrected chi connectivity index (χ4v) is 2.40. The lowest BCUT2D eigenvalue weighted by molar-refractivity contribution is -0.0202. The van der Waals surface area contributed by atoms with Gasteiger partial charge in [0, 0.05) is 13.2 Å². The lowest BCUT2D eigenvalue weighted by atomic mass is 9.78. The van der Waals surface area contributed by atoms with Crippen molar-refractivity contribution in [3.05, 3.63) is 0 Å². The smallest absolute Gasteiger partial charge is 0.126 e. The van der Waals surface area contributed by atoms with E-state index >= 15 is 0 Å². The van der Waals surface area contributed by atoms with Crippen molar-refractivity contribution in [1.29, 1.82) is 0 Å². The van der Waals surface area contributed by atoms with Crippen LogP contribution in [0.15, 0.2) is 4.99 Å². The minimum absolute atomic E-state index is 0.268. The predicted octanol–water partition coefficient (Wildman–Crippen LogP) is 2.99. The van der Waals surface area contributed by atoms with E-state index in [0.717, 1.165) is 31.1 Å². The normalized spacial score (nSPS) is 30.9. The molecule has 0 aromatic carbocycles. The van der Waals surface area contributed by atoms with Gasteiger partial charge in [0.15, 0.2) is 0 Å². The monoisotopic (exact) mass is 240 g/mol. The largest absolute Gasteiger partial charge is 0.385 e. The Morgan fingerprint density at radius 2 is 2.00 bits per heavy atom. The summed E-state index contributed by atoms with van der Waals surface area (Å²) in [6, 6.07) is 0. The fraction of sp³-hybridized carbons (Fsp3) is 0.929. The first-order valence-corrected chi connectivity index (χ1v) is 6.94. The van der Waals surface area contributed by atoms with Crippen molar-refractivity contribution in [1.82, 2.24) is 0 Å². The van der Waals surface area contributed by atoms with Crippen molar-refractivity contribution in [3.8, 4) is 0 Å². The van der Waals surface area contributed by atoms with E-state index in [4.69, 9.17) is 10.5 Å². The Morgan fingerprint density at radius 1 is 1.41 bits per heavy atom. The van der Waals surface area contributed by atoms with Gasteiger partial charge in [0.25, 0.3) is 0 Å². The number of nitrogens with two attached hydrogens (primary N) is 1. The molecule has 0 bridgehead atoms. The summed E-state index contributed by atoms with van der Waals surface area (Å²) < 4.78 is 5.96. The summed E-state index contributed by atoms with van der Waals surface area (Å²) in [4.78, 5) is 4.53. The molecule has 1 aliphatic rings. The van der Waals surface area contributed by atoms with Crippen LogP contribution in [0.25, 0.3) is 0 Å². The lowest BCUT2D eigenvalue weighted by Gasteiger charge is -2.38. The maximum absolute atomic E-state index is 6.19. The van der Waals surface area contributed by atoms with Crippen LogP contribution in [0, 0.1) is 11.8 Å². The van der Waals surface area contributed by atoms with E-state index in [1.54, 1.807) is 0 Å². The van der Waals surface area contributed by atoms with Crippen molar-refractivity contribution >= 4 is 5.84 Å². The Morgan fingerprint density at radius 3 is 2.47 bits per heavy atom.